The van der Waals surface area contributed by atoms with Gasteiger partial charge in [-0.15, -0.1) is 0 Å². The molecule has 0 spiro atoms. The lowest BCUT2D eigenvalue weighted by atomic mass is 9.87. The van der Waals surface area contributed by atoms with Gasteiger partial charge in [0.1, 0.15) is 29.0 Å². The van der Waals surface area contributed by atoms with E-state index < -0.39 is 0 Å². The first-order valence-corrected chi connectivity index (χ1v) is 12.2. The summed E-state index contributed by atoms with van der Waals surface area (Å²) in [6, 6.07) is 14.6. The van der Waals surface area contributed by atoms with Crippen molar-refractivity contribution in [1.29, 1.82) is 0 Å². The molecule has 178 valence electrons. The minimum absolute atomic E-state index is 0.0664. The molecule has 1 aliphatic heterocycles. The Bertz CT molecular complexity index is 1370. The fourth-order valence-electron chi connectivity index (χ4n) is 5.39. The number of hydrogen-bond donors (Lipinski definition) is 1. The van der Waals surface area contributed by atoms with E-state index in [9.17, 15) is 9.18 Å². The average molecular weight is 472 g/mol. The van der Waals surface area contributed by atoms with Gasteiger partial charge in [-0.2, -0.15) is 4.98 Å². The Labute approximate surface area is 202 Å². The molecule has 35 heavy (non-hydrogen) atoms. The SMILES string of the molecule is O=C(N[C@@H]1CCCc2ccccc21)[C@H]1CCCN(c2ncnc3onc(-c4ccc(F)cc4)c23)C1. The lowest BCUT2D eigenvalue weighted by Gasteiger charge is -2.34. The fourth-order valence-corrected chi connectivity index (χ4v) is 5.39. The number of fused-ring (bicyclic) bond motifs is 2. The number of carbonyl (C=O) groups is 1. The number of aromatic nitrogens is 3. The fraction of sp³-hybridized carbons (Fsp3) is 0.333. The molecule has 8 heteroatoms. The smallest absolute Gasteiger partial charge is 0.263 e. The summed E-state index contributed by atoms with van der Waals surface area (Å²) in [6.45, 7) is 1.33. The van der Waals surface area contributed by atoms with Crippen molar-refractivity contribution in [1.82, 2.24) is 20.4 Å². The number of hydrogen-bond acceptors (Lipinski definition) is 6. The molecule has 1 N–H and O–H groups in total. The second kappa shape index (κ2) is 9.09. The van der Waals surface area contributed by atoms with Crippen LogP contribution in [0.2, 0.25) is 0 Å². The van der Waals surface area contributed by atoms with Crippen LogP contribution in [0.1, 0.15) is 42.9 Å². The van der Waals surface area contributed by atoms with Gasteiger partial charge in [-0.25, -0.2) is 9.37 Å². The Hall–Kier alpha value is -3.81. The molecule has 1 amide bonds. The van der Waals surface area contributed by atoms with Gasteiger partial charge in [-0.3, -0.25) is 4.79 Å². The normalized spacial score (nSPS) is 20.0. The lowest BCUT2D eigenvalue weighted by molar-refractivity contribution is -0.126. The Balaban J connectivity index is 1.25. The van der Waals surface area contributed by atoms with Crippen molar-refractivity contribution in [3.8, 4) is 11.3 Å². The predicted octanol–water partition coefficient (Wildman–Crippen LogP) is 4.83. The van der Waals surface area contributed by atoms with E-state index in [4.69, 9.17) is 4.52 Å². The number of benzene rings is 2. The van der Waals surface area contributed by atoms with Crippen molar-refractivity contribution in [3.05, 3.63) is 71.8 Å². The van der Waals surface area contributed by atoms with Crippen LogP contribution >= 0.6 is 0 Å². The molecule has 2 aromatic carbocycles. The number of amides is 1. The summed E-state index contributed by atoms with van der Waals surface area (Å²) >= 11 is 0. The quantitative estimate of drug-likeness (QED) is 0.459. The minimum Gasteiger partial charge on any atom is -0.355 e. The summed E-state index contributed by atoms with van der Waals surface area (Å²) in [5, 5.41) is 8.21. The number of halogens is 1. The molecule has 1 aliphatic carbocycles. The van der Waals surface area contributed by atoms with Crippen LogP contribution < -0.4 is 10.2 Å². The van der Waals surface area contributed by atoms with Crippen molar-refractivity contribution in [2.45, 2.75) is 38.1 Å². The summed E-state index contributed by atoms with van der Waals surface area (Å²) in [5.41, 5.74) is 4.24. The molecule has 1 fully saturated rings. The number of piperidine rings is 1. The van der Waals surface area contributed by atoms with Gasteiger partial charge in [0, 0.05) is 18.7 Å². The van der Waals surface area contributed by atoms with Crippen LogP contribution in [0.5, 0.6) is 0 Å². The first kappa shape index (κ1) is 21.7. The van der Waals surface area contributed by atoms with Gasteiger partial charge in [-0.05, 0) is 67.5 Å². The molecule has 7 nitrogen and oxygen atoms in total. The minimum atomic E-state index is -0.316. The Morgan fingerprint density at radius 3 is 2.80 bits per heavy atom. The van der Waals surface area contributed by atoms with Gasteiger partial charge >= 0.3 is 0 Å². The topological polar surface area (TPSA) is 84.2 Å². The van der Waals surface area contributed by atoms with Crippen LogP contribution in [0.15, 0.2) is 59.4 Å². The molecule has 0 saturated carbocycles. The third kappa shape index (κ3) is 4.13. The van der Waals surface area contributed by atoms with Crippen molar-refractivity contribution < 1.29 is 13.7 Å². The monoisotopic (exact) mass is 471 g/mol. The summed E-state index contributed by atoms with van der Waals surface area (Å²) in [7, 11) is 0. The number of carbonyl (C=O) groups excluding carboxylic acids is 1. The maximum absolute atomic E-state index is 13.5. The van der Waals surface area contributed by atoms with Gasteiger partial charge < -0.3 is 14.7 Å². The van der Waals surface area contributed by atoms with E-state index >= 15 is 0 Å². The summed E-state index contributed by atoms with van der Waals surface area (Å²) in [4.78, 5) is 24.3. The summed E-state index contributed by atoms with van der Waals surface area (Å²) in [6.07, 6.45) is 6.28. The van der Waals surface area contributed by atoms with E-state index in [1.54, 1.807) is 12.1 Å². The summed E-state index contributed by atoms with van der Waals surface area (Å²) < 4.78 is 18.9. The zero-order valence-electron chi connectivity index (χ0n) is 19.3. The van der Waals surface area contributed by atoms with Gasteiger partial charge in [0.2, 0.25) is 5.91 Å². The molecule has 2 atom stereocenters. The number of aryl methyl sites for hydroxylation is 1. The number of rotatable bonds is 4. The van der Waals surface area contributed by atoms with Gasteiger partial charge in [-0.1, -0.05) is 29.4 Å². The Morgan fingerprint density at radius 2 is 1.91 bits per heavy atom. The van der Waals surface area contributed by atoms with Crippen LogP contribution in [0.25, 0.3) is 22.4 Å². The Morgan fingerprint density at radius 1 is 1.06 bits per heavy atom. The molecule has 1 saturated heterocycles. The molecule has 3 heterocycles. The van der Waals surface area contributed by atoms with E-state index in [2.05, 4.69) is 43.5 Å². The highest BCUT2D eigenvalue weighted by Crippen LogP contribution is 2.35. The predicted molar refractivity (Wildman–Crippen MR) is 130 cm³/mol. The standard InChI is InChI=1S/C27H26FN5O2/c28-20-12-10-18(11-13-20)24-23-25(29-16-30-27(23)35-32-24)33-14-4-7-19(15-33)26(34)31-22-9-3-6-17-5-1-2-8-21(17)22/h1-2,5,8,10-13,16,19,22H,3-4,6-7,9,14-15H2,(H,31,34)/t19-,22+/m0/s1. The third-order valence-corrected chi connectivity index (χ3v) is 7.15. The average Bonchev–Trinajstić information content (AvgIpc) is 3.34. The number of nitrogens with one attached hydrogen (secondary N) is 1. The van der Waals surface area contributed by atoms with E-state index in [1.165, 1.54) is 29.6 Å². The number of nitrogens with zero attached hydrogens (tertiary/aromatic N) is 4. The molecular formula is C27H26FN5O2. The molecule has 0 bridgehead atoms. The van der Waals surface area contributed by atoms with Crippen LogP contribution in [0, 0.1) is 11.7 Å². The third-order valence-electron chi connectivity index (χ3n) is 7.15. The van der Waals surface area contributed by atoms with E-state index in [0.29, 0.717) is 29.2 Å². The zero-order chi connectivity index (χ0) is 23.8. The first-order valence-electron chi connectivity index (χ1n) is 12.2. The molecular weight excluding hydrogens is 445 g/mol. The van der Waals surface area contributed by atoms with Gasteiger partial charge in [0.05, 0.1) is 12.0 Å². The highest BCUT2D eigenvalue weighted by atomic mass is 19.1. The maximum Gasteiger partial charge on any atom is 0.263 e. The highest BCUT2D eigenvalue weighted by molar-refractivity contribution is 5.98. The van der Waals surface area contributed by atoms with Crippen molar-refractivity contribution in [3.63, 3.8) is 0 Å². The summed E-state index contributed by atoms with van der Waals surface area (Å²) in [5.74, 6) is 0.322. The molecule has 2 aliphatic rings. The van der Waals surface area contributed by atoms with Crippen LogP contribution in [-0.4, -0.2) is 34.1 Å². The lowest BCUT2D eigenvalue weighted by Crippen LogP contribution is -2.44. The maximum atomic E-state index is 13.5. The van der Waals surface area contributed by atoms with Crippen molar-refractivity contribution in [2.24, 2.45) is 5.92 Å². The molecule has 2 aromatic heterocycles. The van der Waals surface area contributed by atoms with Gasteiger partial charge in [0.15, 0.2) is 0 Å². The van der Waals surface area contributed by atoms with Crippen molar-refractivity contribution >= 4 is 22.8 Å². The largest absolute Gasteiger partial charge is 0.355 e. The zero-order valence-corrected chi connectivity index (χ0v) is 19.3. The second-order valence-corrected chi connectivity index (χ2v) is 9.35. The molecule has 0 radical (unpaired) electrons. The highest BCUT2D eigenvalue weighted by Gasteiger charge is 2.31. The van der Waals surface area contributed by atoms with E-state index in [-0.39, 0.29) is 23.7 Å². The first-order chi connectivity index (χ1) is 17.2. The van der Waals surface area contributed by atoms with E-state index in [0.717, 1.165) is 44.2 Å². The van der Waals surface area contributed by atoms with E-state index in [1.807, 2.05) is 6.07 Å². The van der Waals surface area contributed by atoms with Crippen LogP contribution in [0.4, 0.5) is 10.2 Å². The second-order valence-electron chi connectivity index (χ2n) is 9.35. The van der Waals surface area contributed by atoms with Crippen LogP contribution in [0.3, 0.4) is 0 Å². The Kier molecular flexibility index (Phi) is 5.64. The number of anilines is 1. The molecule has 0 unspecified atom stereocenters. The van der Waals surface area contributed by atoms with Crippen LogP contribution in [-0.2, 0) is 11.2 Å². The van der Waals surface area contributed by atoms with Crippen molar-refractivity contribution in [2.75, 3.05) is 18.0 Å². The molecule has 6 rings (SSSR count). The molecule has 4 aromatic rings. The van der Waals surface area contributed by atoms with Gasteiger partial charge in [0.25, 0.3) is 5.71 Å².